The summed E-state index contributed by atoms with van der Waals surface area (Å²) >= 11 is 0. The van der Waals surface area contributed by atoms with Crippen molar-refractivity contribution in [3.05, 3.63) is 35.9 Å². The fourth-order valence-corrected chi connectivity index (χ4v) is 3.82. The van der Waals surface area contributed by atoms with Crippen molar-refractivity contribution < 1.29 is 15.3 Å². The number of hydrogen-bond acceptors (Lipinski definition) is 4. The quantitative estimate of drug-likeness (QED) is 0.245. The molecule has 0 aliphatic heterocycles. The van der Waals surface area contributed by atoms with Gasteiger partial charge in [0.2, 0.25) is 0 Å². The average molecular weight is 408 g/mol. The zero-order valence-corrected chi connectivity index (χ0v) is 18.6. The van der Waals surface area contributed by atoms with E-state index in [2.05, 4.69) is 12.2 Å². The lowest BCUT2D eigenvalue weighted by Gasteiger charge is -2.27. The molecule has 1 aromatic rings. The van der Waals surface area contributed by atoms with E-state index in [-0.39, 0.29) is 6.04 Å². The largest absolute Gasteiger partial charge is 0.394 e. The molecule has 0 spiro atoms. The Hall–Kier alpha value is -0.940. The summed E-state index contributed by atoms with van der Waals surface area (Å²) in [6.45, 7) is 2.50. The smallest absolute Gasteiger partial charge is 0.104 e. The molecule has 168 valence electrons. The topological polar surface area (TPSA) is 72.7 Å². The van der Waals surface area contributed by atoms with E-state index in [1.165, 1.54) is 64.2 Å². The number of nitrogens with one attached hydrogen (secondary N) is 1. The van der Waals surface area contributed by atoms with E-state index in [1.807, 2.05) is 30.3 Å². The van der Waals surface area contributed by atoms with Gasteiger partial charge in [-0.05, 0) is 12.0 Å². The van der Waals surface area contributed by atoms with E-state index < -0.39 is 18.8 Å². The van der Waals surface area contributed by atoms with Gasteiger partial charge in [0, 0.05) is 12.6 Å². The van der Waals surface area contributed by atoms with Crippen molar-refractivity contribution >= 4 is 0 Å². The second-order valence-electron chi connectivity index (χ2n) is 8.39. The maximum absolute atomic E-state index is 10.4. The lowest BCUT2D eigenvalue weighted by molar-refractivity contribution is -0.0340. The normalized spacial score (nSPS) is 14.6. The molecule has 0 unspecified atom stereocenters. The fraction of sp³-hybridized carbons (Fsp3) is 0.760. The molecular weight excluding hydrogens is 362 g/mol. The summed E-state index contributed by atoms with van der Waals surface area (Å²) in [6, 6.07) is 9.86. The summed E-state index contributed by atoms with van der Waals surface area (Å²) < 4.78 is 0. The first kappa shape index (κ1) is 26.1. The molecule has 0 aromatic heterocycles. The van der Waals surface area contributed by atoms with Crippen LogP contribution in [0.4, 0.5) is 0 Å². The van der Waals surface area contributed by atoms with Crippen LogP contribution in [-0.2, 0) is 6.54 Å². The number of unbranched alkanes of at least 4 members (excludes halogenated alkanes) is 11. The maximum atomic E-state index is 10.4. The van der Waals surface area contributed by atoms with E-state index in [4.69, 9.17) is 0 Å². The monoisotopic (exact) mass is 407 g/mol. The Bertz CT molecular complexity index is 468. The van der Waals surface area contributed by atoms with E-state index in [1.54, 1.807) is 0 Å². The zero-order valence-electron chi connectivity index (χ0n) is 18.6. The van der Waals surface area contributed by atoms with Gasteiger partial charge in [-0.25, -0.2) is 0 Å². The van der Waals surface area contributed by atoms with Crippen LogP contribution in [0.3, 0.4) is 0 Å². The Morgan fingerprint density at radius 1 is 0.759 bits per heavy atom. The first-order valence-corrected chi connectivity index (χ1v) is 11.9. The minimum Gasteiger partial charge on any atom is -0.394 e. The lowest BCUT2D eigenvalue weighted by Crippen LogP contribution is -2.47. The van der Waals surface area contributed by atoms with Crippen molar-refractivity contribution in [3.8, 4) is 0 Å². The molecule has 0 amide bonds. The number of aliphatic hydroxyl groups is 3. The summed E-state index contributed by atoms with van der Waals surface area (Å²) in [7, 11) is 0. The highest BCUT2D eigenvalue weighted by atomic mass is 16.4. The molecule has 3 atom stereocenters. The molecule has 4 heteroatoms. The van der Waals surface area contributed by atoms with Crippen LogP contribution in [0, 0.1) is 0 Å². The molecular formula is C25H45NO3. The third-order valence-electron chi connectivity index (χ3n) is 5.77. The summed E-state index contributed by atoms with van der Waals surface area (Å²) in [4.78, 5) is 0. The van der Waals surface area contributed by atoms with Gasteiger partial charge >= 0.3 is 0 Å². The van der Waals surface area contributed by atoms with Gasteiger partial charge in [-0.2, -0.15) is 0 Å². The summed E-state index contributed by atoms with van der Waals surface area (Å²) in [5.74, 6) is 0. The highest BCUT2D eigenvalue weighted by Gasteiger charge is 2.25. The molecule has 1 aromatic carbocycles. The van der Waals surface area contributed by atoms with Gasteiger partial charge in [-0.15, -0.1) is 0 Å². The van der Waals surface area contributed by atoms with Crippen molar-refractivity contribution in [1.82, 2.24) is 5.32 Å². The van der Waals surface area contributed by atoms with Crippen molar-refractivity contribution in [1.29, 1.82) is 0 Å². The third-order valence-corrected chi connectivity index (χ3v) is 5.77. The van der Waals surface area contributed by atoms with Gasteiger partial charge in [0.25, 0.3) is 0 Å². The average Bonchev–Trinajstić information content (AvgIpc) is 2.76. The second-order valence-corrected chi connectivity index (χ2v) is 8.39. The third kappa shape index (κ3) is 13.1. The summed E-state index contributed by atoms with van der Waals surface area (Å²) in [5.41, 5.74) is 1.15. The first-order valence-electron chi connectivity index (χ1n) is 11.9. The maximum Gasteiger partial charge on any atom is 0.104 e. The number of hydrogen-bond donors (Lipinski definition) is 4. The van der Waals surface area contributed by atoms with Crippen molar-refractivity contribution in [2.75, 3.05) is 6.61 Å². The van der Waals surface area contributed by atoms with Gasteiger partial charge in [-0.3, -0.25) is 0 Å². The van der Waals surface area contributed by atoms with Gasteiger partial charge in [0.05, 0.1) is 12.7 Å². The molecule has 4 nitrogen and oxygen atoms in total. The Morgan fingerprint density at radius 2 is 1.28 bits per heavy atom. The summed E-state index contributed by atoms with van der Waals surface area (Å²) in [5, 5.41) is 32.7. The highest BCUT2D eigenvalue weighted by Crippen LogP contribution is 2.15. The van der Waals surface area contributed by atoms with Crippen molar-refractivity contribution in [2.24, 2.45) is 0 Å². The zero-order chi connectivity index (χ0) is 21.2. The molecule has 4 N–H and O–H groups in total. The Morgan fingerprint density at radius 3 is 1.79 bits per heavy atom. The van der Waals surface area contributed by atoms with Gasteiger partial charge in [0.15, 0.2) is 0 Å². The minimum atomic E-state index is -1.10. The van der Waals surface area contributed by atoms with Crippen LogP contribution < -0.4 is 5.32 Å². The van der Waals surface area contributed by atoms with Crippen LogP contribution in [0.5, 0.6) is 0 Å². The van der Waals surface area contributed by atoms with Crippen LogP contribution >= 0.6 is 0 Å². The van der Waals surface area contributed by atoms with E-state index in [0.29, 0.717) is 6.54 Å². The standard InChI is InChI=1S/C25H45NO3/c1-2-3-4-5-6-7-8-9-10-11-12-16-19-23(25(29)24(28)21-27)26-20-22-17-14-13-15-18-22/h13-15,17-18,23-29H,2-12,16,19-21H2,1H3/t23-,24-,25-/m1/s1. The van der Waals surface area contributed by atoms with Crippen LogP contribution in [0.2, 0.25) is 0 Å². The van der Waals surface area contributed by atoms with E-state index in [0.717, 1.165) is 24.8 Å². The predicted molar refractivity (Wildman–Crippen MR) is 122 cm³/mol. The Labute approximate surface area is 178 Å². The molecule has 0 fully saturated rings. The lowest BCUT2D eigenvalue weighted by atomic mass is 9.98. The van der Waals surface area contributed by atoms with Gasteiger partial charge < -0.3 is 20.6 Å². The molecule has 0 aliphatic carbocycles. The Kier molecular flexibility index (Phi) is 16.1. The minimum absolute atomic E-state index is 0.208. The van der Waals surface area contributed by atoms with Crippen LogP contribution in [-0.4, -0.2) is 40.2 Å². The molecule has 0 heterocycles. The molecule has 0 saturated heterocycles. The first-order chi connectivity index (χ1) is 14.2. The highest BCUT2D eigenvalue weighted by molar-refractivity contribution is 5.14. The predicted octanol–water partition coefficient (Wildman–Crippen LogP) is 4.95. The molecule has 0 bridgehead atoms. The van der Waals surface area contributed by atoms with Crippen molar-refractivity contribution in [2.45, 2.75) is 115 Å². The van der Waals surface area contributed by atoms with Crippen LogP contribution in [0.1, 0.15) is 96.0 Å². The SMILES string of the molecule is CCCCCCCCCCCCCC[C@@H](NCc1ccccc1)[C@@H](O)[C@H](O)CO. The fourth-order valence-electron chi connectivity index (χ4n) is 3.82. The molecule has 0 aliphatic rings. The number of benzene rings is 1. The summed E-state index contributed by atoms with van der Waals surface area (Å²) in [6.07, 6.45) is 14.4. The number of rotatable bonds is 19. The van der Waals surface area contributed by atoms with Crippen LogP contribution in [0.15, 0.2) is 30.3 Å². The number of aliphatic hydroxyl groups excluding tert-OH is 3. The van der Waals surface area contributed by atoms with Gasteiger partial charge in [-0.1, -0.05) is 114 Å². The van der Waals surface area contributed by atoms with Gasteiger partial charge in [0.1, 0.15) is 6.10 Å². The van der Waals surface area contributed by atoms with E-state index in [9.17, 15) is 15.3 Å². The Balaban J connectivity index is 2.16. The van der Waals surface area contributed by atoms with E-state index >= 15 is 0 Å². The molecule has 1 rings (SSSR count). The molecule has 0 radical (unpaired) electrons. The molecule has 0 saturated carbocycles. The molecule has 29 heavy (non-hydrogen) atoms. The second kappa shape index (κ2) is 17.9. The van der Waals surface area contributed by atoms with Crippen LogP contribution in [0.25, 0.3) is 0 Å². The van der Waals surface area contributed by atoms with Crippen molar-refractivity contribution in [3.63, 3.8) is 0 Å².